The molecule has 6 nitrogen and oxygen atoms in total. The lowest BCUT2D eigenvalue weighted by atomic mass is 9.86. The third-order valence-electron chi connectivity index (χ3n) is 4.17. The molecule has 0 aromatic carbocycles. The van der Waals surface area contributed by atoms with E-state index in [0.717, 1.165) is 24.0 Å². The lowest BCUT2D eigenvalue weighted by molar-refractivity contribution is -0.144. The maximum atomic E-state index is 12.0. The third kappa shape index (κ3) is 4.53. The fourth-order valence-electron chi connectivity index (χ4n) is 2.71. The van der Waals surface area contributed by atoms with Gasteiger partial charge >= 0.3 is 5.97 Å². The lowest BCUT2D eigenvalue weighted by Gasteiger charge is -2.27. The van der Waals surface area contributed by atoms with Gasteiger partial charge in [0.2, 0.25) is 5.91 Å². The molecule has 0 radical (unpaired) electrons. The number of carboxylic acids is 1. The average molecular weight is 306 g/mol. The number of aryl methyl sites for hydroxylation is 1. The Morgan fingerprint density at radius 3 is 2.82 bits per heavy atom. The molecule has 1 aliphatic heterocycles. The van der Waals surface area contributed by atoms with Crippen molar-refractivity contribution >= 4 is 11.9 Å². The molecule has 22 heavy (non-hydrogen) atoms. The fourth-order valence-corrected chi connectivity index (χ4v) is 2.71. The van der Waals surface area contributed by atoms with Crippen LogP contribution in [0.5, 0.6) is 0 Å². The molecule has 120 valence electrons. The van der Waals surface area contributed by atoms with E-state index in [1.165, 1.54) is 0 Å². The van der Waals surface area contributed by atoms with Gasteiger partial charge in [0, 0.05) is 32.2 Å². The maximum absolute atomic E-state index is 12.0. The van der Waals surface area contributed by atoms with Crippen LogP contribution in [0.4, 0.5) is 0 Å². The van der Waals surface area contributed by atoms with Crippen LogP contribution in [0.2, 0.25) is 0 Å². The summed E-state index contributed by atoms with van der Waals surface area (Å²) < 4.78 is 5.26. The number of carbonyl (C=O) groups is 2. The van der Waals surface area contributed by atoms with E-state index < -0.39 is 11.9 Å². The summed E-state index contributed by atoms with van der Waals surface area (Å²) in [6, 6.07) is 1.85. The molecule has 1 atom stereocenters. The van der Waals surface area contributed by atoms with Crippen molar-refractivity contribution in [2.24, 2.45) is 11.8 Å². The number of rotatable bonds is 6. The van der Waals surface area contributed by atoms with Gasteiger partial charge in [0.15, 0.2) is 0 Å². The molecular weight excluding hydrogens is 284 g/mol. The molecule has 0 saturated carbocycles. The van der Waals surface area contributed by atoms with Crippen molar-refractivity contribution in [1.29, 1.82) is 0 Å². The summed E-state index contributed by atoms with van der Waals surface area (Å²) in [4.78, 5) is 27.4. The lowest BCUT2D eigenvalue weighted by Crippen LogP contribution is -2.39. The van der Waals surface area contributed by atoms with E-state index in [1.807, 2.05) is 13.0 Å². The Bertz CT molecular complexity index is 527. The summed E-state index contributed by atoms with van der Waals surface area (Å²) in [6.45, 7) is 3.28. The molecule has 2 N–H and O–H groups in total. The van der Waals surface area contributed by atoms with Gasteiger partial charge in [-0.3, -0.25) is 14.6 Å². The first-order valence-electron chi connectivity index (χ1n) is 7.54. The molecule has 0 spiro atoms. The van der Waals surface area contributed by atoms with E-state index in [2.05, 4.69) is 10.3 Å². The number of carboxylic acid groups (broad SMARTS) is 1. The second-order valence-corrected chi connectivity index (χ2v) is 5.68. The third-order valence-corrected chi connectivity index (χ3v) is 4.17. The van der Waals surface area contributed by atoms with Crippen molar-refractivity contribution in [2.75, 3.05) is 19.8 Å². The van der Waals surface area contributed by atoms with Crippen molar-refractivity contribution in [1.82, 2.24) is 10.3 Å². The number of hydrogen-bond donors (Lipinski definition) is 2. The zero-order chi connectivity index (χ0) is 15.9. The summed E-state index contributed by atoms with van der Waals surface area (Å²) in [5, 5.41) is 12.1. The molecule has 1 amide bonds. The highest BCUT2D eigenvalue weighted by Gasteiger charge is 2.29. The summed E-state index contributed by atoms with van der Waals surface area (Å²) in [6.07, 6.45) is 5.04. The Kier molecular flexibility index (Phi) is 5.89. The molecule has 1 aromatic rings. The van der Waals surface area contributed by atoms with Crippen molar-refractivity contribution in [3.05, 3.63) is 29.6 Å². The largest absolute Gasteiger partial charge is 0.481 e. The Morgan fingerprint density at radius 2 is 2.18 bits per heavy atom. The summed E-state index contributed by atoms with van der Waals surface area (Å²) in [5.74, 6) is -1.52. The Morgan fingerprint density at radius 1 is 1.45 bits per heavy atom. The number of nitrogens with zero attached hydrogens (tertiary/aromatic N) is 1. The SMILES string of the molecule is Cc1ccncc1CC(=O)NCC(C(=O)O)C1CCOCC1. The van der Waals surface area contributed by atoms with Crippen LogP contribution < -0.4 is 5.32 Å². The highest BCUT2D eigenvalue weighted by molar-refractivity contribution is 5.79. The second-order valence-electron chi connectivity index (χ2n) is 5.68. The summed E-state index contributed by atoms with van der Waals surface area (Å²) in [7, 11) is 0. The summed E-state index contributed by atoms with van der Waals surface area (Å²) >= 11 is 0. The predicted octanol–water partition coefficient (Wildman–Crippen LogP) is 1.18. The standard InChI is InChI=1S/C16H22N2O4/c1-11-2-5-17-9-13(11)8-15(19)18-10-14(16(20)21)12-3-6-22-7-4-12/h2,5,9,12,14H,3-4,6-8,10H2,1H3,(H,18,19)(H,20,21). The Balaban J connectivity index is 1.87. The summed E-state index contributed by atoms with van der Waals surface area (Å²) in [5.41, 5.74) is 1.86. The van der Waals surface area contributed by atoms with Gasteiger partial charge in [-0.05, 0) is 42.9 Å². The molecular formula is C16H22N2O4. The van der Waals surface area contributed by atoms with E-state index in [1.54, 1.807) is 12.4 Å². The molecule has 0 bridgehead atoms. The van der Waals surface area contributed by atoms with Crippen LogP contribution in [0.1, 0.15) is 24.0 Å². The van der Waals surface area contributed by atoms with Crippen LogP contribution >= 0.6 is 0 Å². The van der Waals surface area contributed by atoms with Crippen molar-refractivity contribution in [3.8, 4) is 0 Å². The number of carbonyl (C=O) groups excluding carboxylic acids is 1. The van der Waals surface area contributed by atoms with Crippen LogP contribution in [0, 0.1) is 18.8 Å². The zero-order valence-electron chi connectivity index (χ0n) is 12.7. The minimum absolute atomic E-state index is 0.0617. The van der Waals surface area contributed by atoms with Gasteiger partial charge in [0.05, 0.1) is 12.3 Å². The molecule has 2 heterocycles. The number of nitrogens with one attached hydrogen (secondary N) is 1. The minimum atomic E-state index is -0.857. The van der Waals surface area contributed by atoms with E-state index in [-0.39, 0.29) is 24.8 Å². The minimum Gasteiger partial charge on any atom is -0.481 e. The Labute approximate surface area is 129 Å². The molecule has 1 aromatic heterocycles. The molecule has 1 saturated heterocycles. The van der Waals surface area contributed by atoms with E-state index in [4.69, 9.17) is 4.74 Å². The smallest absolute Gasteiger partial charge is 0.308 e. The van der Waals surface area contributed by atoms with Crippen LogP contribution in [-0.2, 0) is 20.7 Å². The molecule has 1 aliphatic rings. The van der Waals surface area contributed by atoms with Crippen LogP contribution in [0.25, 0.3) is 0 Å². The van der Waals surface area contributed by atoms with Gasteiger partial charge in [-0.2, -0.15) is 0 Å². The van der Waals surface area contributed by atoms with Crippen LogP contribution in [-0.4, -0.2) is 41.7 Å². The average Bonchev–Trinajstić information content (AvgIpc) is 2.50. The predicted molar refractivity (Wildman–Crippen MR) is 80.4 cm³/mol. The maximum Gasteiger partial charge on any atom is 0.308 e. The molecule has 1 fully saturated rings. The monoisotopic (exact) mass is 306 g/mol. The first kappa shape index (κ1) is 16.4. The van der Waals surface area contributed by atoms with E-state index >= 15 is 0 Å². The fraction of sp³-hybridized carbons (Fsp3) is 0.562. The molecule has 0 aliphatic carbocycles. The topological polar surface area (TPSA) is 88.5 Å². The highest BCUT2D eigenvalue weighted by Crippen LogP contribution is 2.23. The van der Waals surface area contributed by atoms with E-state index in [0.29, 0.717) is 13.2 Å². The van der Waals surface area contributed by atoms with Crippen LogP contribution in [0.15, 0.2) is 18.5 Å². The normalized spacial score (nSPS) is 17.0. The highest BCUT2D eigenvalue weighted by atomic mass is 16.5. The number of ether oxygens (including phenoxy) is 1. The number of aromatic nitrogens is 1. The van der Waals surface area contributed by atoms with Gasteiger partial charge < -0.3 is 15.2 Å². The van der Waals surface area contributed by atoms with Gasteiger partial charge in [-0.1, -0.05) is 0 Å². The number of amides is 1. The van der Waals surface area contributed by atoms with Gasteiger partial charge in [-0.25, -0.2) is 0 Å². The van der Waals surface area contributed by atoms with Crippen molar-refractivity contribution in [3.63, 3.8) is 0 Å². The quantitative estimate of drug-likeness (QED) is 0.824. The first-order chi connectivity index (χ1) is 10.6. The number of pyridine rings is 1. The molecule has 2 rings (SSSR count). The Hall–Kier alpha value is -1.95. The zero-order valence-corrected chi connectivity index (χ0v) is 12.7. The number of hydrogen-bond acceptors (Lipinski definition) is 4. The second kappa shape index (κ2) is 7.89. The molecule has 6 heteroatoms. The van der Waals surface area contributed by atoms with Gasteiger partial charge in [0.1, 0.15) is 0 Å². The first-order valence-corrected chi connectivity index (χ1v) is 7.54. The number of aliphatic carboxylic acids is 1. The van der Waals surface area contributed by atoms with E-state index in [9.17, 15) is 14.7 Å². The van der Waals surface area contributed by atoms with Crippen molar-refractivity contribution < 1.29 is 19.4 Å². The van der Waals surface area contributed by atoms with Crippen molar-refractivity contribution in [2.45, 2.75) is 26.2 Å². The van der Waals surface area contributed by atoms with Gasteiger partial charge in [0.25, 0.3) is 0 Å². The van der Waals surface area contributed by atoms with Crippen LogP contribution in [0.3, 0.4) is 0 Å². The van der Waals surface area contributed by atoms with Gasteiger partial charge in [-0.15, -0.1) is 0 Å². The molecule has 1 unspecified atom stereocenters.